The molecule has 2 N–H and O–H groups in total. The Kier molecular flexibility index (Phi) is 6.66. The number of hydrogen-bond donors (Lipinski definition) is 2. The van der Waals surface area contributed by atoms with E-state index in [1.54, 1.807) is 6.07 Å². The van der Waals surface area contributed by atoms with Gasteiger partial charge in [-0.15, -0.1) is 0 Å². The van der Waals surface area contributed by atoms with Crippen LogP contribution in [0.4, 0.5) is 5.69 Å². The van der Waals surface area contributed by atoms with Crippen molar-refractivity contribution in [3.8, 4) is 0 Å². The second kappa shape index (κ2) is 9.96. The van der Waals surface area contributed by atoms with E-state index >= 15 is 0 Å². The lowest BCUT2D eigenvalue weighted by Crippen LogP contribution is -2.31. The number of carbonyl (C=O) groups is 2. The molecular weight excluding hydrogens is 400 g/mol. The zero-order chi connectivity index (χ0) is 22.3. The van der Waals surface area contributed by atoms with Gasteiger partial charge in [0.1, 0.15) is 5.76 Å². The van der Waals surface area contributed by atoms with E-state index in [1.165, 1.54) is 11.1 Å². The Morgan fingerprint density at radius 3 is 2.03 bits per heavy atom. The van der Waals surface area contributed by atoms with E-state index in [2.05, 4.69) is 34.5 Å². The molecule has 0 unspecified atom stereocenters. The molecule has 0 bridgehead atoms. The summed E-state index contributed by atoms with van der Waals surface area (Å²) < 4.78 is 0. The molecule has 4 rings (SSSR count). The number of aliphatic hydroxyl groups excluding tert-OH is 1. The van der Waals surface area contributed by atoms with Gasteiger partial charge in [0.05, 0.1) is 0 Å². The number of benzene rings is 3. The third-order valence-electron chi connectivity index (χ3n) is 5.34. The summed E-state index contributed by atoms with van der Waals surface area (Å²) in [5.41, 5.74) is 3.73. The maximum absolute atomic E-state index is 12.1. The standard InChI is InChI=1S/C27H26N2O3/c30-25(17-26(31)27(32)28-23-14-15-23)22-12-7-13-24(16-22)29(18-20-8-3-1-4-9-20)19-21-10-5-2-6-11-21/h1-13,16-17,23,30H,14-15,18-19H2,(H,28,32)/b25-17-. The van der Waals surface area contributed by atoms with Crippen LogP contribution in [0.15, 0.2) is 91.0 Å². The second-order valence-corrected chi connectivity index (χ2v) is 8.02. The SMILES string of the molecule is O=C(/C=C(\O)c1cccc(N(Cc2ccccc2)Cc2ccccc2)c1)C(=O)NC1CC1. The van der Waals surface area contributed by atoms with Gasteiger partial charge >= 0.3 is 0 Å². The van der Waals surface area contributed by atoms with Crippen LogP contribution >= 0.6 is 0 Å². The van der Waals surface area contributed by atoms with Crippen LogP contribution in [0.2, 0.25) is 0 Å². The largest absolute Gasteiger partial charge is 0.507 e. The van der Waals surface area contributed by atoms with Crippen LogP contribution in [0.3, 0.4) is 0 Å². The van der Waals surface area contributed by atoms with Crippen LogP contribution < -0.4 is 10.2 Å². The van der Waals surface area contributed by atoms with Crippen LogP contribution in [0, 0.1) is 0 Å². The molecule has 5 nitrogen and oxygen atoms in total. The molecule has 0 heterocycles. The summed E-state index contributed by atoms with van der Waals surface area (Å²) in [5.74, 6) is -1.64. The van der Waals surface area contributed by atoms with E-state index in [4.69, 9.17) is 0 Å². The Labute approximate surface area is 188 Å². The van der Waals surface area contributed by atoms with Crippen LogP contribution in [0.25, 0.3) is 5.76 Å². The first-order chi connectivity index (χ1) is 15.6. The number of carbonyl (C=O) groups excluding carboxylic acids is 2. The van der Waals surface area contributed by atoms with Gasteiger partial charge < -0.3 is 15.3 Å². The lowest BCUT2D eigenvalue weighted by Gasteiger charge is -2.26. The molecule has 1 aliphatic rings. The van der Waals surface area contributed by atoms with E-state index in [9.17, 15) is 14.7 Å². The normalized spacial score (nSPS) is 13.4. The molecule has 0 spiro atoms. The first kappa shape index (κ1) is 21.4. The van der Waals surface area contributed by atoms with Crippen LogP contribution in [-0.4, -0.2) is 22.8 Å². The number of rotatable bonds is 9. The summed E-state index contributed by atoms with van der Waals surface area (Å²) in [6, 6.07) is 27.8. The molecule has 0 radical (unpaired) electrons. The van der Waals surface area contributed by atoms with Gasteiger partial charge in [-0.05, 0) is 36.1 Å². The van der Waals surface area contributed by atoms with Gasteiger partial charge in [0, 0.05) is 36.5 Å². The van der Waals surface area contributed by atoms with Crippen molar-refractivity contribution in [2.24, 2.45) is 0 Å². The Hall–Kier alpha value is -3.86. The van der Waals surface area contributed by atoms with E-state index < -0.39 is 11.7 Å². The Bertz CT molecular complexity index is 1060. The summed E-state index contributed by atoms with van der Waals surface area (Å²) >= 11 is 0. The number of anilines is 1. The number of amides is 1. The minimum absolute atomic E-state index is 0.0925. The monoisotopic (exact) mass is 426 g/mol. The predicted molar refractivity (Wildman–Crippen MR) is 126 cm³/mol. The molecule has 5 heteroatoms. The van der Waals surface area contributed by atoms with Crippen molar-refractivity contribution in [3.05, 3.63) is 108 Å². The summed E-state index contributed by atoms with van der Waals surface area (Å²) in [7, 11) is 0. The summed E-state index contributed by atoms with van der Waals surface area (Å²) in [6.07, 6.45) is 2.79. The molecule has 0 aromatic heterocycles. The van der Waals surface area contributed by atoms with Gasteiger partial charge in [0.15, 0.2) is 0 Å². The summed E-state index contributed by atoms with van der Waals surface area (Å²) in [6.45, 7) is 1.37. The highest BCUT2D eigenvalue weighted by molar-refractivity contribution is 6.41. The van der Waals surface area contributed by atoms with Gasteiger partial charge in [0.25, 0.3) is 5.91 Å². The molecule has 0 aliphatic heterocycles. The topological polar surface area (TPSA) is 69.6 Å². The summed E-state index contributed by atoms with van der Waals surface area (Å²) in [5, 5.41) is 13.2. The van der Waals surface area contributed by atoms with E-state index in [1.807, 2.05) is 54.6 Å². The quantitative estimate of drug-likeness (QED) is 0.297. The molecule has 1 amide bonds. The highest BCUT2D eigenvalue weighted by Gasteiger charge is 2.25. The fraction of sp³-hybridized carbons (Fsp3) is 0.185. The number of aliphatic hydroxyl groups is 1. The van der Waals surface area contributed by atoms with E-state index in [-0.39, 0.29) is 11.8 Å². The van der Waals surface area contributed by atoms with E-state index in [0.29, 0.717) is 18.7 Å². The number of hydrogen-bond acceptors (Lipinski definition) is 4. The average Bonchev–Trinajstić information content (AvgIpc) is 3.64. The van der Waals surface area contributed by atoms with Crippen LogP contribution in [0.5, 0.6) is 0 Å². The van der Waals surface area contributed by atoms with Crippen molar-refractivity contribution in [3.63, 3.8) is 0 Å². The number of nitrogens with one attached hydrogen (secondary N) is 1. The molecule has 1 aliphatic carbocycles. The molecule has 3 aromatic carbocycles. The smallest absolute Gasteiger partial charge is 0.292 e. The molecule has 0 atom stereocenters. The van der Waals surface area contributed by atoms with Crippen LogP contribution in [0.1, 0.15) is 29.5 Å². The zero-order valence-electron chi connectivity index (χ0n) is 17.8. The average molecular weight is 427 g/mol. The molecule has 0 saturated heterocycles. The molecular formula is C27H26N2O3. The lowest BCUT2D eigenvalue weighted by molar-refractivity contribution is -0.135. The van der Waals surface area contributed by atoms with Crippen LogP contribution in [-0.2, 0) is 22.7 Å². The fourth-order valence-corrected chi connectivity index (χ4v) is 3.47. The highest BCUT2D eigenvalue weighted by atomic mass is 16.3. The molecule has 3 aromatic rings. The van der Waals surface area contributed by atoms with Crippen molar-refractivity contribution in [2.45, 2.75) is 32.0 Å². The van der Waals surface area contributed by atoms with Gasteiger partial charge in [-0.2, -0.15) is 0 Å². The minimum Gasteiger partial charge on any atom is -0.507 e. The number of nitrogens with zero attached hydrogens (tertiary/aromatic N) is 1. The third-order valence-corrected chi connectivity index (χ3v) is 5.34. The van der Waals surface area contributed by atoms with Gasteiger partial charge in [-0.3, -0.25) is 9.59 Å². The minimum atomic E-state index is -0.745. The van der Waals surface area contributed by atoms with Crippen molar-refractivity contribution in [2.75, 3.05) is 4.90 Å². The number of ketones is 1. The molecule has 32 heavy (non-hydrogen) atoms. The van der Waals surface area contributed by atoms with Gasteiger partial charge in [-0.25, -0.2) is 0 Å². The zero-order valence-corrected chi connectivity index (χ0v) is 17.8. The van der Waals surface area contributed by atoms with Gasteiger partial charge in [-0.1, -0.05) is 72.8 Å². The third kappa shape index (κ3) is 5.85. The molecule has 1 fully saturated rings. The van der Waals surface area contributed by atoms with Crippen molar-refractivity contribution < 1.29 is 14.7 Å². The second-order valence-electron chi connectivity index (χ2n) is 8.02. The predicted octanol–water partition coefficient (Wildman–Crippen LogP) is 4.64. The highest BCUT2D eigenvalue weighted by Crippen LogP contribution is 2.24. The van der Waals surface area contributed by atoms with Crippen molar-refractivity contribution in [1.82, 2.24) is 5.32 Å². The molecule has 162 valence electrons. The first-order valence-electron chi connectivity index (χ1n) is 10.8. The van der Waals surface area contributed by atoms with Crippen molar-refractivity contribution >= 4 is 23.1 Å². The maximum atomic E-state index is 12.1. The van der Waals surface area contributed by atoms with E-state index in [0.717, 1.165) is 24.6 Å². The Balaban J connectivity index is 1.57. The maximum Gasteiger partial charge on any atom is 0.292 e. The van der Waals surface area contributed by atoms with Gasteiger partial charge in [0.2, 0.25) is 5.78 Å². The Morgan fingerprint density at radius 1 is 0.875 bits per heavy atom. The Morgan fingerprint density at radius 2 is 1.47 bits per heavy atom. The fourth-order valence-electron chi connectivity index (χ4n) is 3.47. The molecule has 1 saturated carbocycles. The summed E-state index contributed by atoms with van der Waals surface area (Å²) in [4.78, 5) is 26.3. The first-order valence-corrected chi connectivity index (χ1v) is 10.8. The van der Waals surface area contributed by atoms with Crippen molar-refractivity contribution in [1.29, 1.82) is 0 Å². The lowest BCUT2D eigenvalue weighted by atomic mass is 10.1.